The van der Waals surface area contributed by atoms with Gasteiger partial charge in [0.25, 0.3) is 0 Å². The second-order valence-electron chi connectivity index (χ2n) is 4.91. The smallest absolute Gasteiger partial charge is 0.339 e. The van der Waals surface area contributed by atoms with E-state index in [4.69, 9.17) is 18.9 Å². The lowest BCUT2D eigenvalue weighted by atomic mass is 9.99. The predicted octanol–water partition coefficient (Wildman–Crippen LogP) is 0.0424. The van der Waals surface area contributed by atoms with Gasteiger partial charge in [0, 0.05) is 20.8 Å². The Labute approximate surface area is 143 Å². The van der Waals surface area contributed by atoms with Gasteiger partial charge in [0.15, 0.2) is 24.4 Å². The van der Waals surface area contributed by atoms with E-state index in [9.17, 15) is 19.2 Å². The minimum absolute atomic E-state index is 0.641. The van der Waals surface area contributed by atoms with Crippen LogP contribution < -0.4 is 0 Å². The van der Waals surface area contributed by atoms with Gasteiger partial charge < -0.3 is 23.7 Å². The first-order chi connectivity index (χ1) is 11.2. The summed E-state index contributed by atoms with van der Waals surface area (Å²) in [4.78, 5) is 46.2. The second-order valence-corrected chi connectivity index (χ2v) is 5.84. The van der Waals surface area contributed by atoms with E-state index in [1.54, 1.807) is 6.26 Å². The molecule has 0 saturated carbocycles. The molecule has 0 unspecified atom stereocenters. The maximum atomic E-state index is 12.0. The van der Waals surface area contributed by atoms with E-state index in [1.165, 1.54) is 6.92 Å². The SMILES string of the molecule is COC(=O)[C@@H]1O[C@H](SC)[C@H](OC(C)=O)[C@@H](OC(C)=O)[C@@H]1OC(C)=O. The molecule has 9 nitrogen and oxygen atoms in total. The van der Waals surface area contributed by atoms with E-state index in [1.807, 2.05) is 0 Å². The Morgan fingerprint density at radius 3 is 1.71 bits per heavy atom. The van der Waals surface area contributed by atoms with Gasteiger partial charge in [-0.1, -0.05) is 0 Å². The molecule has 0 bridgehead atoms. The highest BCUT2D eigenvalue weighted by atomic mass is 32.2. The van der Waals surface area contributed by atoms with E-state index < -0.39 is 53.7 Å². The van der Waals surface area contributed by atoms with Gasteiger partial charge in [-0.15, -0.1) is 11.8 Å². The van der Waals surface area contributed by atoms with Crippen molar-refractivity contribution in [1.29, 1.82) is 0 Å². The van der Waals surface area contributed by atoms with Crippen molar-refractivity contribution in [2.24, 2.45) is 0 Å². The zero-order valence-electron chi connectivity index (χ0n) is 14.0. The summed E-state index contributed by atoms with van der Waals surface area (Å²) in [7, 11) is 1.14. The van der Waals surface area contributed by atoms with Crippen molar-refractivity contribution < 1.29 is 42.9 Å². The highest BCUT2D eigenvalue weighted by Gasteiger charge is 2.54. The van der Waals surface area contributed by atoms with Crippen LogP contribution in [0.5, 0.6) is 0 Å². The Balaban J connectivity index is 3.28. The fourth-order valence-electron chi connectivity index (χ4n) is 2.27. The molecule has 1 rings (SSSR count). The van der Waals surface area contributed by atoms with E-state index in [-0.39, 0.29) is 0 Å². The van der Waals surface area contributed by atoms with Crippen LogP contribution in [0, 0.1) is 0 Å². The number of methoxy groups -OCH3 is 1. The van der Waals surface area contributed by atoms with Gasteiger partial charge >= 0.3 is 23.9 Å². The summed E-state index contributed by atoms with van der Waals surface area (Å²) in [5, 5.41) is 0. The van der Waals surface area contributed by atoms with Gasteiger partial charge in [0.2, 0.25) is 0 Å². The van der Waals surface area contributed by atoms with Crippen LogP contribution in [0.3, 0.4) is 0 Å². The number of ether oxygens (including phenoxy) is 5. The molecule has 1 aliphatic rings. The number of hydrogen-bond donors (Lipinski definition) is 0. The Kier molecular flexibility index (Phi) is 7.49. The van der Waals surface area contributed by atoms with Crippen LogP contribution in [-0.2, 0) is 42.9 Å². The van der Waals surface area contributed by atoms with Gasteiger partial charge in [0.05, 0.1) is 7.11 Å². The third-order valence-corrected chi connectivity index (χ3v) is 3.91. The lowest BCUT2D eigenvalue weighted by molar-refractivity contribution is -0.235. The molecule has 0 N–H and O–H groups in total. The quantitative estimate of drug-likeness (QED) is 0.489. The zero-order chi connectivity index (χ0) is 18.4. The molecule has 136 valence electrons. The molecule has 0 aliphatic carbocycles. The van der Waals surface area contributed by atoms with Crippen LogP contribution in [0.15, 0.2) is 0 Å². The zero-order valence-corrected chi connectivity index (χ0v) is 14.8. The van der Waals surface area contributed by atoms with Gasteiger partial charge in [-0.3, -0.25) is 14.4 Å². The van der Waals surface area contributed by atoms with Crippen molar-refractivity contribution in [2.45, 2.75) is 50.6 Å². The summed E-state index contributed by atoms with van der Waals surface area (Å²) in [5.41, 5.74) is -0.825. The van der Waals surface area contributed by atoms with Crippen LogP contribution in [0.1, 0.15) is 20.8 Å². The summed E-state index contributed by atoms with van der Waals surface area (Å²) < 4.78 is 25.7. The van der Waals surface area contributed by atoms with Crippen molar-refractivity contribution in [3.8, 4) is 0 Å². The summed E-state index contributed by atoms with van der Waals surface area (Å²) >= 11 is 1.14. The van der Waals surface area contributed by atoms with Crippen LogP contribution in [0.2, 0.25) is 0 Å². The molecule has 0 spiro atoms. The lowest BCUT2D eigenvalue weighted by Gasteiger charge is -2.42. The minimum atomic E-state index is -1.33. The fraction of sp³-hybridized carbons (Fsp3) is 0.714. The standard InChI is InChI=1S/C14H20O9S/c1-6(15)20-9-10(21-7(2)16)12(22-8(3)17)14(24-5)23-11(9)13(18)19-4/h9-12,14H,1-5H3/t9-,10-,11+,12+,14+/m0/s1. The number of hydrogen-bond acceptors (Lipinski definition) is 10. The van der Waals surface area contributed by atoms with Crippen molar-refractivity contribution >= 4 is 35.6 Å². The summed E-state index contributed by atoms with van der Waals surface area (Å²) in [6, 6.07) is 0. The number of thioether (sulfide) groups is 1. The Bertz CT molecular complexity index is 506. The largest absolute Gasteiger partial charge is 0.467 e. The summed E-state index contributed by atoms with van der Waals surface area (Å²) in [6.45, 7) is 3.45. The predicted molar refractivity (Wildman–Crippen MR) is 80.9 cm³/mol. The molecule has 0 amide bonds. The third kappa shape index (κ3) is 5.10. The van der Waals surface area contributed by atoms with E-state index in [2.05, 4.69) is 4.74 Å². The van der Waals surface area contributed by atoms with Gasteiger partial charge in [0.1, 0.15) is 5.44 Å². The average Bonchev–Trinajstić information content (AvgIpc) is 2.48. The van der Waals surface area contributed by atoms with Crippen LogP contribution in [0.4, 0.5) is 0 Å². The average molecular weight is 364 g/mol. The van der Waals surface area contributed by atoms with Crippen molar-refractivity contribution in [1.82, 2.24) is 0 Å². The molecule has 0 radical (unpaired) electrons. The van der Waals surface area contributed by atoms with E-state index in [0.29, 0.717) is 0 Å². The van der Waals surface area contributed by atoms with E-state index >= 15 is 0 Å². The maximum absolute atomic E-state index is 12.0. The normalized spacial score (nSPS) is 29.3. The molecule has 10 heteroatoms. The summed E-state index contributed by atoms with van der Waals surface area (Å²) in [5.74, 6) is -2.87. The van der Waals surface area contributed by atoms with Crippen molar-refractivity contribution in [2.75, 3.05) is 13.4 Å². The van der Waals surface area contributed by atoms with Crippen LogP contribution in [0.25, 0.3) is 0 Å². The molecule has 1 heterocycles. The van der Waals surface area contributed by atoms with Crippen LogP contribution in [-0.4, -0.2) is 67.1 Å². The molecule has 1 saturated heterocycles. The Morgan fingerprint density at radius 1 is 0.833 bits per heavy atom. The number of esters is 4. The first-order valence-electron chi connectivity index (χ1n) is 6.99. The molecular formula is C14H20O9S. The Morgan fingerprint density at radius 2 is 1.29 bits per heavy atom. The highest BCUT2D eigenvalue weighted by molar-refractivity contribution is 7.99. The molecule has 1 aliphatic heterocycles. The molecule has 0 aromatic carbocycles. The number of carbonyl (C=O) groups excluding carboxylic acids is 4. The highest BCUT2D eigenvalue weighted by Crippen LogP contribution is 2.33. The fourth-order valence-corrected chi connectivity index (χ4v) is 2.98. The Hall–Kier alpha value is -1.81. The van der Waals surface area contributed by atoms with E-state index in [0.717, 1.165) is 32.7 Å². The van der Waals surface area contributed by atoms with Crippen molar-refractivity contribution in [3.63, 3.8) is 0 Å². The van der Waals surface area contributed by atoms with Crippen LogP contribution >= 0.6 is 11.8 Å². The number of rotatable bonds is 5. The molecule has 24 heavy (non-hydrogen) atoms. The first kappa shape index (κ1) is 20.2. The van der Waals surface area contributed by atoms with Gasteiger partial charge in [-0.05, 0) is 6.26 Å². The molecular weight excluding hydrogens is 344 g/mol. The monoisotopic (exact) mass is 364 g/mol. The third-order valence-electron chi connectivity index (χ3n) is 3.07. The van der Waals surface area contributed by atoms with Crippen molar-refractivity contribution in [3.05, 3.63) is 0 Å². The number of carbonyl (C=O) groups is 4. The molecule has 0 aromatic heterocycles. The first-order valence-corrected chi connectivity index (χ1v) is 8.27. The maximum Gasteiger partial charge on any atom is 0.339 e. The topological polar surface area (TPSA) is 114 Å². The molecule has 5 atom stereocenters. The summed E-state index contributed by atoms with van der Waals surface area (Å²) in [6.07, 6.45) is -3.26. The molecule has 1 fully saturated rings. The molecule has 0 aromatic rings. The second kappa shape index (κ2) is 8.88. The van der Waals surface area contributed by atoms with Gasteiger partial charge in [-0.2, -0.15) is 0 Å². The minimum Gasteiger partial charge on any atom is -0.467 e. The lowest BCUT2D eigenvalue weighted by Crippen LogP contribution is -2.62. The van der Waals surface area contributed by atoms with Gasteiger partial charge in [-0.25, -0.2) is 4.79 Å².